The van der Waals surface area contributed by atoms with Crippen molar-refractivity contribution in [3.8, 4) is 0 Å². The largest absolute Gasteiger partial charge is 0.480 e. The molecule has 0 radical (unpaired) electrons. The van der Waals surface area contributed by atoms with Gasteiger partial charge in [0.2, 0.25) is 0 Å². The Morgan fingerprint density at radius 3 is 2.68 bits per heavy atom. The van der Waals surface area contributed by atoms with E-state index < -0.39 is 23.5 Å². The summed E-state index contributed by atoms with van der Waals surface area (Å²) in [6.07, 6.45) is 0. The lowest BCUT2D eigenvalue weighted by Crippen LogP contribution is -2.38. The van der Waals surface area contributed by atoms with Crippen molar-refractivity contribution in [2.75, 3.05) is 18.4 Å². The molecule has 0 aliphatic heterocycles. The number of carboxylic acids is 1. The van der Waals surface area contributed by atoms with Crippen molar-refractivity contribution in [1.29, 1.82) is 0 Å². The zero-order valence-corrected chi connectivity index (χ0v) is 10.2. The second-order valence-corrected chi connectivity index (χ2v) is 3.65. The van der Waals surface area contributed by atoms with Gasteiger partial charge in [0.05, 0.1) is 4.92 Å². The summed E-state index contributed by atoms with van der Waals surface area (Å²) in [5, 5.41) is 21.6. The Bertz CT molecular complexity index is 503. The number of non-ortho nitro benzene ring substituents is 1. The number of likely N-dealkylation sites (N-methyl/N-ethyl adjacent to an activating group) is 1. The molecule has 8 heteroatoms. The van der Waals surface area contributed by atoms with Crippen molar-refractivity contribution >= 4 is 23.4 Å². The van der Waals surface area contributed by atoms with Crippen LogP contribution in [-0.4, -0.2) is 40.0 Å². The lowest BCUT2D eigenvalue weighted by atomic mass is 10.3. The van der Waals surface area contributed by atoms with Gasteiger partial charge in [-0.15, -0.1) is 0 Å². The molecule has 8 nitrogen and oxygen atoms in total. The zero-order valence-electron chi connectivity index (χ0n) is 10.2. The first kappa shape index (κ1) is 14.4. The van der Waals surface area contributed by atoms with Crippen LogP contribution in [0.4, 0.5) is 16.2 Å². The average Bonchev–Trinajstić information content (AvgIpc) is 2.35. The lowest BCUT2D eigenvalue weighted by molar-refractivity contribution is -0.384. The number of carboxylic acid groups (broad SMARTS) is 1. The Morgan fingerprint density at radius 1 is 1.47 bits per heavy atom. The molecule has 102 valence electrons. The third kappa shape index (κ3) is 4.26. The number of hydrogen-bond donors (Lipinski definition) is 2. The van der Waals surface area contributed by atoms with E-state index in [2.05, 4.69) is 5.32 Å². The van der Waals surface area contributed by atoms with Crippen molar-refractivity contribution in [3.05, 3.63) is 34.4 Å². The summed E-state index contributed by atoms with van der Waals surface area (Å²) in [7, 11) is 0. The number of rotatable bonds is 5. The normalized spacial score (nSPS) is 9.74. The van der Waals surface area contributed by atoms with Gasteiger partial charge in [-0.1, -0.05) is 6.07 Å². The number of amides is 2. The van der Waals surface area contributed by atoms with Crippen LogP contribution >= 0.6 is 0 Å². The molecule has 2 amide bonds. The number of benzene rings is 1. The predicted octanol–water partition coefficient (Wildman–Crippen LogP) is 1.53. The van der Waals surface area contributed by atoms with Gasteiger partial charge in [0.1, 0.15) is 6.54 Å². The predicted molar refractivity (Wildman–Crippen MR) is 67.0 cm³/mol. The Morgan fingerprint density at radius 2 is 2.16 bits per heavy atom. The SMILES string of the molecule is CCN(CC(=O)O)C(=O)Nc1cccc([N+](=O)[O-])c1. The molecule has 0 spiro atoms. The Hall–Kier alpha value is -2.64. The molecular formula is C11H13N3O5. The highest BCUT2D eigenvalue weighted by Crippen LogP contribution is 2.17. The highest BCUT2D eigenvalue weighted by Gasteiger charge is 2.15. The summed E-state index contributed by atoms with van der Waals surface area (Å²) in [5.74, 6) is -1.13. The van der Waals surface area contributed by atoms with Crippen LogP contribution in [0, 0.1) is 10.1 Å². The van der Waals surface area contributed by atoms with Crippen LogP contribution in [0.5, 0.6) is 0 Å². The minimum absolute atomic E-state index is 0.154. The van der Waals surface area contributed by atoms with Crippen LogP contribution in [-0.2, 0) is 4.79 Å². The number of nitro groups is 1. The van der Waals surface area contributed by atoms with Crippen molar-refractivity contribution < 1.29 is 19.6 Å². The average molecular weight is 267 g/mol. The van der Waals surface area contributed by atoms with Gasteiger partial charge in [0.15, 0.2) is 0 Å². The Balaban J connectivity index is 2.78. The topological polar surface area (TPSA) is 113 Å². The van der Waals surface area contributed by atoms with Gasteiger partial charge < -0.3 is 15.3 Å². The van der Waals surface area contributed by atoms with E-state index in [-0.39, 0.29) is 17.9 Å². The van der Waals surface area contributed by atoms with Gasteiger partial charge in [-0.2, -0.15) is 0 Å². The van der Waals surface area contributed by atoms with Gasteiger partial charge in [0.25, 0.3) is 5.69 Å². The van der Waals surface area contributed by atoms with Crippen molar-refractivity contribution in [1.82, 2.24) is 4.90 Å². The van der Waals surface area contributed by atoms with Gasteiger partial charge >= 0.3 is 12.0 Å². The van der Waals surface area contributed by atoms with E-state index in [1.165, 1.54) is 24.3 Å². The fourth-order valence-electron chi connectivity index (χ4n) is 1.39. The summed E-state index contributed by atoms with van der Waals surface area (Å²) in [4.78, 5) is 33.4. The minimum atomic E-state index is -1.13. The van der Waals surface area contributed by atoms with Gasteiger partial charge in [-0.3, -0.25) is 14.9 Å². The number of carbonyl (C=O) groups is 2. The van der Waals surface area contributed by atoms with Gasteiger partial charge in [-0.25, -0.2) is 4.79 Å². The molecule has 0 heterocycles. The molecule has 1 aromatic rings. The monoisotopic (exact) mass is 267 g/mol. The van der Waals surface area contributed by atoms with E-state index in [9.17, 15) is 19.7 Å². The molecule has 0 aromatic heterocycles. The number of urea groups is 1. The molecule has 0 unspecified atom stereocenters. The van der Waals surface area contributed by atoms with Crippen molar-refractivity contribution in [2.24, 2.45) is 0 Å². The summed E-state index contributed by atoms with van der Waals surface area (Å²) >= 11 is 0. The van der Waals surface area contributed by atoms with E-state index in [1.807, 2.05) is 0 Å². The van der Waals surface area contributed by atoms with E-state index in [4.69, 9.17) is 5.11 Å². The van der Waals surface area contributed by atoms with Crippen molar-refractivity contribution in [3.63, 3.8) is 0 Å². The Kier molecular flexibility index (Phi) is 4.81. The summed E-state index contributed by atoms with van der Waals surface area (Å²) in [6.45, 7) is 1.42. The molecule has 0 aliphatic carbocycles. The van der Waals surface area contributed by atoms with Gasteiger partial charge in [0, 0.05) is 24.4 Å². The standard InChI is InChI=1S/C11H13N3O5/c1-2-13(7-10(15)16)11(17)12-8-4-3-5-9(6-8)14(18)19/h3-6H,2,7H2,1H3,(H,12,17)(H,15,16). The van der Waals surface area contributed by atoms with Crippen LogP contribution in [0.1, 0.15) is 6.92 Å². The smallest absolute Gasteiger partial charge is 0.323 e. The molecule has 1 aromatic carbocycles. The number of hydrogen-bond acceptors (Lipinski definition) is 4. The molecule has 0 aliphatic rings. The van der Waals surface area contributed by atoms with E-state index in [0.29, 0.717) is 0 Å². The highest BCUT2D eigenvalue weighted by atomic mass is 16.6. The fourth-order valence-corrected chi connectivity index (χ4v) is 1.39. The third-order valence-corrected chi connectivity index (χ3v) is 2.30. The maximum atomic E-state index is 11.7. The summed E-state index contributed by atoms with van der Waals surface area (Å²) in [5.41, 5.74) is 0.0853. The molecule has 2 N–H and O–H groups in total. The number of nitrogens with one attached hydrogen (secondary N) is 1. The maximum absolute atomic E-state index is 11.7. The molecule has 0 bridgehead atoms. The van der Waals surface area contributed by atoms with E-state index in [0.717, 1.165) is 4.90 Å². The Labute approximate surface area is 108 Å². The van der Waals surface area contributed by atoms with Crippen LogP contribution in [0.2, 0.25) is 0 Å². The summed E-state index contributed by atoms with van der Waals surface area (Å²) in [6, 6.07) is 4.79. The van der Waals surface area contributed by atoms with Crippen LogP contribution in [0.3, 0.4) is 0 Å². The molecular weight excluding hydrogens is 254 g/mol. The van der Waals surface area contributed by atoms with Gasteiger partial charge in [-0.05, 0) is 13.0 Å². The first-order valence-electron chi connectivity index (χ1n) is 5.46. The second-order valence-electron chi connectivity index (χ2n) is 3.65. The molecule has 0 saturated carbocycles. The maximum Gasteiger partial charge on any atom is 0.323 e. The van der Waals surface area contributed by atoms with Crippen LogP contribution in [0.25, 0.3) is 0 Å². The minimum Gasteiger partial charge on any atom is -0.480 e. The van der Waals surface area contributed by atoms with Crippen LogP contribution in [0.15, 0.2) is 24.3 Å². The second kappa shape index (κ2) is 6.34. The fraction of sp³-hybridized carbons (Fsp3) is 0.273. The number of aliphatic carboxylic acids is 1. The van der Waals surface area contributed by atoms with E-state index >= 15 is 0 Å². The molecule has 0 fully saturated rings. The van der Waals surface area contributed by atoms with Crippen molar-refractivity contribution in [2.45, 2.75) is 6.92 Å². The number of carbonyl (C=O) groups excluding carboxylic acids is 1. The van der Waals surface area contributed by atoms with Crippen LogP contribution < -0.4 is 5.32 Å². The molecule has 0 saturated heterocycles. The number of nitrogens with zero attached hydrogens (tertiary/aromatic N) is 2. The third-order valence-electron chi connectivity index (χ3n) is 2.30. The summed E-state index contributed by atoms with van der Waals surface area (Å²) < 4.78 is 0. The van der Waals surface area contributed by atoms with E-state index in [1.54, 1.807) is 6.92 Å². The molecule has 0 atom stereocenters. The first-order valence-corrected chi connectivity index (χ1v) is 5.46. The highest BCUT2D eigenvalue weighted by molar-refractivity contribution is 5.91. The molecule has 1 rings (SSSR count). The number of anilines is 1. The zero-order chi connectivity index (χ0) is 14.4. The first-order chi connectivity index (χ1) is 8.93. The lowest BCUT2D eigenvalue weighted by Gasteiger charge is -2.18. The molecule has 19 heavy (non-hydrogen) atoms. The quantitative estimate of drug-likeness (QED) is 0.620. The number of nitro benzene ring substituents is 1.